The molecule has 2 fully saturated rings. The normalized spacial score (nSPS) is 36.0. The summed E-state index contributed by atoms with van der Waals surface area (Å²) >= 11 is 0. The van der Waals surface area contributed by atoms with Crippen LogP contribution in [-0.4, -0.2) is 26.3 Å². The molecule has 1 saturated heterocycles. The van der Waals surface area contributed by atoms with Crippen molar-refractivity contribution < 1.29 is 4.74 Å². The van der Waals surface area contributed by atoms with Crippen LogP contribution >= 0.6 is 0 Å². The molecule has 0 aromatic rings. The van der Waals surface area contributed by atoms with E-state index in [2.05, 4.69) is 19.3 Å². The van der Waals surface area contributed by atoms with E-state index in [4.69, 9.17) is 4.74 Å². The largest absolute Gasteiger partial charge is 0.381 e. The molecule has 0 spiro atoms. The van der Waals surface area contributed by atoms with Crippen molar-refractivity contribution >= 4 is 0 Å². The lowest BCUT2D eigenvalue weighted by Gasteiger charge is -2.34. The van der Waals surface area contributed by atoms with Crippen molar-refractivity contribution in [3.05, 3.63) is 0 Å². The Hall–Kier alpha value is -0.0800. The zero-order valence-electron chi connectivity index (χ0n) is 11.6. The first kappa shape index (κ1) is 13.4. The quantitative estimate of drug-likeness (QED) is 0.795. The molecule has 2 nitrogen and oxygen atoms in total. The zero-order valence-corrected chi connectivity index (χ0v) is 11.6. The monoisotopic (exact) mass is 239 g/mol. The minimum Gasteiger partial charge on any atom is -0.381 e. The molecule has 2 aliphatic rings. The van der Waals surface area contributed by atoms with Crippen LogP contribution in [0.25, 0.3) is 0 Å². The van der Waals surface area contributed by atoms with Crippen molar-refractivity contribution in [1.82, 2.24) is 5.32 Å². The molecule has 0 amide bonds. The highest BCUT2D eigenvalue weighted by Gasteiger charge is 2.29. The SMILES string of the molecule is CCC1CCC(C(CC2CCOC2)NC)CC1. The highest BCUT2D eigenvalue weighted by atomic mass is 16.5. The standard InChI is InChI=1S/C15H29NO/c1-3-12-4-6-14(7-5-12)15(16-2)10-13-8-9-17-11-13/h12-16H,3-11H2,1-2H3. The minimum atomic E-state index is 0.736. The second kappa shape index (κ2) is 6.75. The fraction of sp³-hybridized carbons (Fsp3) is 1.00. The first-order chi connectivity index (χ1) is 8.33. The van der Waals surface area contributed by atoms with Gasteiger partial charge in [-0.25, -0.2) is 0 Å². The first-order valence-corrected chi connectivity index (χ1v) is 7.58. The lowest BCUT2D eigenvalue weighted by atomic mass is 9.75. The third-order valence-corrected chi connectivity index (χ3v) is 5.02. The van der Waals surface area contributed by atoms with E-state index in [1.807, 2.05) is 0 Å². The van der Waals surface area contributed by atoms with Gasteiger partial charge in [0.25, 0.3) is 0 Å². The molecule has 2 heteroatoms. The second-order valence-corrected chi connectivity index (χ2v) is 6.05. The van der Waals surface area contributed by atoms with Gasteiger partial charge in [-0.15, -0.1) is 0 Å². The van der Waals surface area contributed by atoms with Crippen LogP contribution in [0, 0.1) is 17.8 Å². The molecule has 1 saturated carbocycles. The van der Waals surface area contributed by atoms with E-state index >= 15 is 0 Å². The maximum absolute atomic E-state index is 5.50. The van der Waals surface area contributed by atoms with Gasteiger partial charge in [0, 0.05) is 19.3 Å². The van der Waals surface area contributed by atoms with E-state index in [-0.39, 0.29) is 0 Å². The van der Waals surface area contributed by atoms with Crippen LogP contribution < -0.4 is 5.32 Å². The third-order valence-electron chi connectivity index (χ3n) is 5.02. The molecule has 0 aromatic carbocycles. The predicted molar refractivity (Wildman–Crippen MR) is 72.1 cm³/mol. The van der Waals surface area contributed by atoms with Crippen LogP contribution in [0.2, 0.25) is 0 Å². The molecule has 1 N–H and O–H groups in total. The number of nitrogens with one attached hydrogen (secondary N) is 1. The molecule has 100 valence electrons. The second-order valence-electron chi connectivity index (χ2n) is 6.05. The fourth-order valence-electron chi connectivity index (χ4n) is 3.67. The highest BCUT2D eigenvalue weighted by molar-refractivity contribution is 4.83. The Morgan fingerprint density at radius 1 is 1.12 bits per heavy atom. The minimum absolute atomic E-state index is 0.736. The Labute approximate surface area is 107 Å². The van der Waals surface area contributed by atoms with Crippen molar-refractivity contribution in [3.8, 4) is 0 Å². The van der Waals surface area contributed by atoms with Crippen molar-refractivity contribution in [3.63, 3.8) is 0 Å². The Morgan fingerprint density at radius 2 is 1.88 bits per heavy atom. The van der Waals surface area contributed by atoms with Gasteiger partial charge < -0.3 is 10.1 Å². The van der Waals surface area contributed by atoms with Gasteiger partial charge >= 0.3 is 0 Å². The average Bonchev–Trinajstić information content (AvgIpc) is 2.89. The maximum atomic E-state index is 5.50. The zero-order chi connectivity index (χ0) is 12.1. The van der Waals surface area contributed by atoms with Gasteiger partial charge in [-0.1, -0.05) is 26.2 Å². The summed E-state index contributed by atoms with van der Waals surface area (Å²) in [7, 11) is 2.15. The van der Waals surface area contributed by atoms with Gasteiger partial charge in [0.2, 0.25) is 0 Å². The van der Waals surface area contributed by atoms with E-state index in [1.54, 1.807) is 0 Å². The lowest BCUT2D eigenvalue weighted by Crippen LogP contribution is -2.37. The molecule has 2 rings (SSSR count). The van der Waals surface area contributed by atoms with Gasteiger partial charge in [-0.2, -0.15) is 0 Å². The molecular weight excluding hydrogens is 210 g/mol. The summed E-state index contributed by atoms with van der Waals surface area (Å²) in [4.78, 5) is 0. The Kier molecular flexibility index (Phi) is 5.30. The summed E-state index contributed by atoms with van der Waals surface area (Å²) in [5.41, 5.74) is 0. The number of hydrogen-bond donors (Lipinski definition) is 1. The van der Waals surface area contributed by atoms with Crippen LogP contribution in [-0.2, 0) is 4.74 Å². The Bertz CT molecular complexity index is 205. The van der Waals surface area contributed by atoms with Gasteiger partial charge in [0.1, 0.15) is 0 Å². The number of hydrogen-bond acceptors (Lipinski definition) is 2. The Balaban J connectivity index is 1.77. The highest BCUT2D eigenvalue weighted by Crippen LogP contribution is 2.34. The molecule has 17 heavy (non-hydrogen) atoms. The van der Waals surface area contributed by atoms with E-state index in [0.717, 1.165) is 37.0 Å². The molecule has 2 unspecified atom stereocenters. The van der Waals surface area contributed by atoms with Gasteiger partial charge in [0.15, 0.2) is 0 Å². The van der Waals surface area contributed by atoms with E-state index in [9.17, 15) is 0 Å². The summed E-state index contributed by atoms with van der Waals surface area (Å²) < 4.78 is 5.50. The third kappa shape index (κ3) is 3.69. The summed E-state index contributed by atoms with van der Waals surface area (Å²) in [6.45, 7) is 4.34. The van der Waals surface area contributed by atoms with Crippen LogP contribution in [0.3, 0.4) is 0 Å². The van der Waals surface area contributed by atoms with Gasteiger partial charge in [-0.05, 0) is 50.5 Å². The van der Waals surface area contributed by atoms with Crippen LogP contribution in [0.1, 0.15) is 51.9 Å². The van der Waals surface area contributed by atoms with Crippen molar-refractivity contribution in [2.75, 3.05) is 20.3 Å². The number of rotatable bonds is 5. The molecule has 0 bridgehead atoms. The van der Waals surface area contributed by atoms with E-state index in [0.29, 0.717) is 0 Å². The van der Waals surface area contributed by atoms with Gasteiger partial charge in [0.05, 0.1) is 0 Å². The van der Waals surface area contributed by atoms with Crippen LogP contribution in [0.15, 0.2) is 0 Å². The van der Waals surface area contributed by atoms with Crippen molar-refractivity contribution in [2.45, 2.75) is 57.9 Å². The Morgan fingerprint density at radius 3 is 2.41 bits per heavy atom. The van der Waals surface area contributed by atoms with E-state index in [1.165, 1.54) is 44.9 Å². The molecule has 0 radical (unpaired) electrons. The topological polar surface area (TPSA) is 21.3 Å². The van der Waals surface area contributed by atoms with Crippen LogP contribution in [0.4, 0.5) is 0 Å². The molecule has 0 aromatic heterocycles. The average molecular weight is 239 g/mol. The molecule has 1 aliphatic heterocycles. The summed E-state index contributed by atoms with van der Waals surface area (Å²) in [6.07, 6.45) is 9.80. The first-order valence-electron chi connectivity index (χ1n) is 7.58. The molecule has 1 heterocycles. The number of ether oxygens (including phenoxy) is 1. The summed E-state index contributed by atoms with van der Waals surface area (Å²) in [5.74, 6) is 2.75. The molecule has 1 aliphatic carbocycles. The predicted octanol–water partition coefficient (Wildman–Crippen LogP) is 3.22. The smallest absolute Gasteiger partial charge is 0.0495 e. The lowest BCUT2D eigenvalue weighted by molar-refractivity contribution is 0.168. The maximum Gasteiger partial charge on any atom is 0.0495 e. The molecular formula is C15H29NO. The van der Waals surface area contributed by atoms with Crippen LogP contribution in [0.5, 0.6) is 0 Å². The summed E-state index contributed by atoms with van der Waals surface area (Å²) in [6, 6.07) is 0.736. The van der Waals surface area contributed by atoms with Crippen molar-refractivity contribution in [1.29, 1.82) is 0 Å². The fourth-order valence-corrected chi connectivity index (χ4v) is 3.67. The molecule has 2 atom stereocenters. The summed E-state index contributed by atoms with van der Waals surface area (Å²) in [5, 5.41) is 3.58. The van der Waals surface area contributed by atoms with Gasteiger partial charge in [-0.3, -0.25) is 0 Å². The van der Waals surface area contributed by atoms with Crippen molar-refractivity contribution in [2.24, 2.45) is 17.8 Å². The van der Waals surface area contributed by atoms with E-state index < -0.39 is 0 Å².